The lowest BCUT2D eigenvalue weighted by atomic mass is 9.85. The Morgan fingerprint density at radius 2 is 1.68 bits per heavy atom. The SMILES string of the molecule is O=C(c1ccc(-c2nnn[nH]2)cc1)N1[C@@H]2CC[C@H]1C[C@@H](c1ccc(F)cc1)C2. The molecule has 3 heterocycles. The molecule has 0 spiro atoms. The van der Waals surface area contributed by atoms with Gasteiger partial charge in [-0.3, -0.25) is 4.79 Å². The lowest BCUT2D eigenvalue weighted by molar-refractivity contribution is 0.0571. The predicted octanol–water partition coefficient (Wildman–Crippen LogP) is 3.56. The first-order valence-electron chi connectivity index (χ1n) is 9.61. The minimum atomic E-state index is -0.205. The molecule has 1 aromatic heterocycles. The van der Waals surface area contributed by atoms with Gasteiger partial charge in [0.1, 0.15) is 5.82 Å². The summed E-state index contributed by atoms with van der Waals surface area (Å²) in [6, 6.07) is 14.7. The number of nitrogens with one attached hydrogen (secondary N) is 1. The van der Waals surface area contributed by atoms with Crippen LogP contribution in [0.15, 0.2) is 48.5 Å². The van der Waals surface area contributed by atoms with Crippen LogP contribution in [-0.4, -0.2) is 43.5 Å². The second-order valence-electron chi connectivity index (χ2n) is 7.64. The maximum Gasteiger partial charge on any atom is 0.254 e. The molecule has 3 atom stereocenters. The minimum Gasteiger partial charge on any atom is -0.333 e. The molecule has 1 amide bonds. The van der Waals surface area contributed by atoms with Crippen LogP contribution in [0, 0.1) is 5.82 Å². The van der Waals surface area contributed by atoms with Crippen molar-refractivity contribution < 1.29 is 9.18 Å². The third-order valence-electron chi connectivity index (χ3n) is 6.06. The molecule has 2 aliphatic rings. The first-order valence-corrected chi connectivity index (χ1v) is 9.61. The van der Waals surface area contributed by atoms with Gasteiger partial charge in [-0.15, -0.1) is 5.10 Å². The van der Waals surface area contributed by atoms with Gasteiger partial charge in [0.25, 0.3) is 5.91 Å². The van der Waals surface area contributed by atoms with Crippen LogP contribution in [0.3, 0.4) is 0 Å². The zero-order chi connectivity index (χ0) is 19.1. The van der Waals surface area contributed by atoms with Crippen molar-refractivity contribution in [2.75, 3.05) is 0 Å². The standard InChI is InChI=1S/C21H20FN5O/c22-17-7-5-13(6-8-17)16-11-18-9-10-19(12-16)27(18)21(28)15-3-1-14(2-4-15)20-23-25-26-24-20/h1-8,16,18-19H,9-12H2,(H,23,24,25,26)/t16-,18+,19-. The highest BCUT2D eigenvalue weighted by Gasteiger charge is 2.43. The number of hydrogen-bond acceptors (Lipinski definition) is 4. The summed E-state index contributed by atoms with van der Waals surface area (Å²) in [6.07, 6.45) is 3.96. The van der Waals surface area contributed by atoms with Crippen molar-refractivity contribution in [2.45, 2.75) is 43.7 Å². The molecule has 5 rings (SSSR count). The maximum atomic E-state index is 13.2. The Kier molecular flexibility index (Phi) is 4.15. The van der Waals surface area contributed by atoms with Gasteiger partial charge in [-0.2, -0.15) is 0 Å². The molecule has 2 aromatic carbocycles. The quantitative estimate of drug-likeness (QED) is 0.757. The molecule has 2 aliphatic heterocycles. The summed E-state index contributed by atoms with van der Waals surface area (Å²) in [5.74, 6) is 0.860. The summed E-state index contributed by atoms with van der Waals surface area (Å²) in [5.41, 5.74) is 2.71. The molecule has 0 saturated carbocycles. The number of halogens is 1. The number of rotatable bonds is 3. The highest BCUT2D eigenvalue weighted by atomic mass is 19.1. The highest BCUT2D eigenvalue weighted by molar-refractivity contribution is 5.95. The van der Waals surface area contributed by atoms with Crippen LogP contribution in [0.4, 0.5) is 4.39 Å². The fraction of sp³-hybridized carbons (Fsp3) is 0.333. The molecule has 2 saturated heterocycles. The van der Waals surface area contributed by atoms with Crippen molar-refractivity contribution in [3.63, 3.8) is 0 Å². The summed E-state index contributed by atoms with van der Waals surface area (Å²) in [5, 5.41) is 13.8. The van der Waals surface area contributed by atoms with E-state index in [1.807, 2.05) is 36.4 Å². The number of fused-ring (bicyclic) bond motifs is 2. The summed E-state index contributed by atoms with van der Waals surface area (Å²) >= 11 is 0. The second-order valence-corrected chi connectivity index (χ2v) is 7.64. The van der Waals surface area contributed by atoms with Crippen molar-refractivity contribution in [3.8, 4) is 11.4 Å². The van der Waals surface area contributed by atoms with Crippen molar-refractivity contribution in [1.29, 1.82) is 0 Å². The molecule has 2 bridgehead atoms. The molecule has 0 aliphatic carbocycles. The number of hydrogen-bond donors (Lipinski definition) is 1. The molecule has 28 heavy (non-hydrogen) atoms. The Morgan fingerprint density at radius 3 is 2.29 bits per heavy atom. The normalized spacial score (nSPS) is 23.8. The maximum absolute atomic E-state index is 13.2. The van der Waals surface area contributed by atoms with Crippen LogP contribution in [0.2, 0.25) is 0 Å². The molecule has 7 heteroatoms. The van der Waals surface area contributed by atoms with E-state index in [1.54, 1.807) is 0 Å². The summed E-state index contributed by atoms with van der Waals surface area (Å²) in [7, 11) is 0. The zero-order valence-corrected chi connectivity index (χ0v) is 15.3. The lowest BCUT2D eigenvalue weighted by Gasteiger charge is -2.39. The smallest absolute Gasteiger partial charge is 0.254 e. The number of aromatic nitrogens is 4. The summed E-state index contributed by atoms with van der Waals surface area (Å²) in [6.45, 7) is 0. The number of carbonyl (C=O) groups excluding carboxylic acids is 1. The van der Waals surface area contributed by atoms with Crippen LogP contribution < -0.4 is 0 Å². The first kappa shape index (κ1) is 17.0. The number of nitrogens with zero attached hydrogens (tertiary/aromatic N) is 4. The van der Waals surface area contributed by atoms with E-state index in [4.69, 9.17) is 0 Å². The third kappa shape index (κ3) is 2.96. The van der Waals surface area contributed by atoms with E-state index in [0.29, 0.717) is 17.3 Å². The summed E-state index contributed by atoms with van der Waals surface area (Å²) in [4.78, 5) is 15.2. The number of carbonyl (C=O) groups is 1. The predicted molar refractivity (Wildman–Crippen MR) is 101 cm³/mol. The Bertz CT molecular complexity index is 957. The average Bonchev–Trinajstić information content (AvgIpc) is 3.35. The van der Waals surface area contributed by atoms with Gasteiger partial charge >= 0.3 is 0 Å². The van der Waals surface area contributed by atoms with Crippen molar-refractivity contribution in [3.05, 3.63) is 65.5 Å². The van der Waals surface area contributed by atoms with E-state index in [1.165, 1.54) is 17.7 Å². The van der Waals surface area contributed by atoms with Crippen molar-refractivity contribution >= 4 is 5.91 Å². The molecule has 0 radical (unpaired) electrons. The van der Waals surface area contributed by atoms with Gasteiger partial charge < -0.3 is 4.90 Å². The first-order chi connectivity index (χ1) is 13.7. The van der Waals surface area contributed by atoms with E-state index in [2.05, 4.69) is 25.5 Å². The second kappa shape index (κ2) is 6.82. The zero-order valence-electron chi connectivity index (χ0n) is 15.3. The molecule has 6 nitrogen and oxygen atoms in total. The number of amides is 1. The molecule has 142 valence electrons. The van der Waals surface area contributed by atoms with Gasteiger partial charge in [-0.05, 0) is 71.9 Å². The highest BCUT2D eigenvalue weighted by Crippen LogP contribution is 2.43. The van der Waals surface area contributed by atoms with Crippen LogP contribution in [-0.2, 0) is 0 Å². The molecular formula is C21H20FN5O. The fourth-order valence-electron chi connectivity index (χ4n) is 4.72. The minimum absolute atomic E-state index is 0.0901. The molecule has 1 N–H and O–H groups in total. The number of H-pyrrole nitrogens is 1. The third-order valence-corrected chi connectivity index (χ3v) is 6.06. The molecule has 0 unspecified atom stereocenters. The summed E-state index contributed by atoms with van der Waals surface area (Å²) < 4.78 is 13.2. The van der Waals surface area contributed by atoms with Crippen molar-refractivity contribution in [1.82, 2.24) is 25.5 Å². The van der Waals surface area contributed by atoms with Crippen LogP contribution >= 0.6 is 0 Å². The molecular weight excluding hydrogens is 357 g/mol. The van der Waals surface area contributed by atoms with E-state index in [0.717, 1.165) is 31.2 Å². The van der Waals surface area contributed by atoms with E-state index in [9.17, 15) is 9.18 Å². The Balaban J connectivity index is 1.33. The number of tetrazole rings is 1. The van der Waals surface area contributed by atoms with Crippen LogP contribution in [0.25, 0.3) is 11.4 Å². The average molecular weight is 377 g/mol. The number of piperidine rings is 1. The lowest BCUT2D eigenvalue weighted by Crippen LogP contribution is -2.46. The number of benzene rings is 2. The van der Waals surface area contributed by atoms with E-state index >= 15 is 0 Å². The Labute approximate surface area is 161 Å². The Hall–Kier alpha value is -3.09. The van der Waals surface area contributed by atoms with Gasteiger partial charge in [0.05, 0.1) is 0 Å². The van der Waals surface area contributed by atoms with Gasteiger partial charge in [-0.1, -0.05) is 24.3 Å². The van der Waals surface area contributed by atoms with Crippen LogP contribution in [0.5, 0.6) is 0 Å². The number of aromatic amines is 1. The van der Waals surface area contributed by atoms with E-state index in [-0.39, 0.29) is 23.8 Å². The van der Waals surface area contributed by atoms with Gasteiger partial charge in [-0.25, -0.2) is 9.49 Å². The van der Waals surface area contributed by atoms with Crippen LogP contribution in [0.1, 0.15) is 47.5 Å². The molecule has 2 fully saturated rings. The molecule has 3 aromatic rings. The van der Waals surface area contributed by atoms with E-state index < -0.39 is 0 Å². The topological polar surface area (TPSA) is 74.8 Å². The Morgan fingerprint density at radius 1 is 1.00 bits per heavy atom. The van der Waals surface area contributed by atoms with Gasteiger partial charge in [0.2, 0.25) is 0 Å². The van der Waals surface area contributed by atoms with Gasteiger partial charge in [0, 0.05) is 23.2 Å². The largest absolute Gasteiger partial charge is 0.333 e. The van der Waals surface area contributed by atoms with Crippen molar-refractivity contribution in [2.24, 2.45) is 0 Å². The fourth-order valence-corrected chi connectivity index (χ4v) is 4.72. The monoisotopic (exact) mass is 377 g/mol. The van der Waals surface area contributed by atoms with Gasteiger partial charge in [0.15, 0.2) is 5.82 Å².